The van der Waals surface area contributed by atoms with Gasteiger partial charge in [0.1, 0.15) is 5.71 Å². The van der Waals surface area contributed by atoms with E-state index in [4.69, 9.17) is 12.2 Å². The Morgan fingerprint density at radius 2 is 2.26 bits per heavy atom. The molecule has 7 nitrogen and oxygen atoms in total. The van der Waals surface area contributed by atoms with Crippen LogP contribution in [-0.4, -0.2) is 26.5 Å². The molecule has 0 radical (unpaired) electrons. The van der Waals surface area contributed by atoms with Gasteiger partial charge in [-0.1, -0.05) is 12.1 Å². The van der Waals surface area contributed by atoms with Crippen LogP contribution >= 0.6 is 23.6 Å². The number of aromatic hydroxyl groups is 1. The van der Waals surface area contributed by atoms with Crippen molar-refractivity contribution in [1.29, 1.82) is 0 Å². The van der Waals surface area contributed by atoms with Crippen LogP contribution in [0.15, 0.2) is 40.0 Å². The second-order valence-corrected chi connectivity index (χ2v) is 6.39. The van der Waals surface area contributed by atoms with Gasteiger partial charge in [0.05, 0.1) is 16.0 Å². The third-order valence-corrected chi connectivity index (χ3v) is 4.75. The molecule has 9 heteroatoms. The van der Waals surface area contributed by atoms with E-state index in [9.17, 15) is 15.2 Å². The van der Waals surface area contributed by atoms with E-state index in [1.54, 1.807) is 25.3 Å². The Hall–Kier alpha value is -2.65. The van der Waals surface area contributed by atoms with Gasteiger partial charge in [-0.3, -0.25) is 14.7 Å². The zero-order valence-electron chi connectivity index (χ0n) is 11.8. The summed E-state index contributed by atoms with van der Waals surface area (Å²) in [5.41, 5.74) is 1.73. The number of allylic oxidation sites excluding steroid dienone is 1. The molecule has 0 unspecified atom stereocenters. The number of nitrogens with zero attached hydrogens (tertiary/aromatic N) is 4. The lowest BCUT2D eigenvalue weighted by Crippen LogP contribution is -2.03. The van der Waals surface area contributed by atoms with Gasteiger partial charge in [0.25, 0.3) is 5.69 Å². The smallest absolute Gasteiger partial charge is 0.270 e. The maximum atomic E-state index is 10.9. The Morgan fingerprint density at radius 3 is 2.91 bits per heavy atom. The van der Waals surface area contributed by atoms with Gasteiger partial charge < -0.3 is 5.11 Å². The fourth-order valence-electron chi connectivity index (χ4n) is 2.06. The molecule has 3 rings (SSSR count). The Balaban J connectivity index is 2.03. The molecule has 0 saturated carbocycles. The van der Waals surface area contributed by atoms with Crippen LogP contribution in [0.3, 0.4) is 0 Å². The highest BCUT2D eigenvalue weighted by molar-refractivity contribution is 7.73. The lowest BCUT2D eigenvalue weighted by atomic mass is 10.0. The first-order valence-electron chi connectivity index (χ1n) is 6.44. The van der Waals surface area contributed by atoms with Crippen LogP contribution in [0.25, 0.3) is 6.08 Å². The van der Waals surface area contributed by atoms with Gasteiger partial charge in [-0.25, -0.2) is 0 Å². The van der Waals surface area contributed by atoms with Crippen LogP contribution in [0.2, 0.25) is 0 Å². The highest BCUT2D eigenvalue weighted by Gasteiger charge is 2.17. The standard InChI is InChI=1S/C14H10N4O3S2/c1-17-13(19)11(23-14(17)22)6-9-7-15-16-12(9)8-3-2-4-10(5-8)18(20)21/h2-7,19H,1H3. The fourth-order valence-corrected chi connectivity index (χ4v) is 3.24. The summed E-state index contributed by atoms with van der Waals surface area (Å²) in [6.07, 6.45) is 3.25. The molecule has 2 heterocycles. The summed E-state index contributed by atoms with van der Waals surface area (Å²) in [7, 11) is 1.68. The number of benzene rings is 1. The van der Waals surface area contributed by atoms with Crippen LogP contribution in [0.1, 0.15) is 10.4 Å². The first-order valence-corrected chi connectivity index (χ1v) is 7.66. The van der Waals surface area contributed by atoms with E-state index in [0.29, 0.717) is 25.7 Å². The molecular formula is C14H10N4O3S2. The van der Waals surface area contributed by atoms with Gasteiger partial charge >= 0.3 is 0 Å². The van der Waals surface area contributed by atoms with Crippen molar-refractivity contribution in [1.82, 2.24) is 4.57 Å². The zero-order chi connectivity index (χ0) is 16.6. The lowest BCUT2D eigenvalue weighted by molar-refractivity contribution is -0.384. The van der Waals surface area contributed by atoms with E-state index >= 15 is 0 Å². The average Bonchev–Trinajstić information content (AvgIpc) is 3.09. The highest BCUT2D eigenvalue weighted by atomic mass is 32.1. The van der Waals surface area contributed by atoms with Crippen LogP contribution in [0, 0.1) is 14.1 Å². The predicted octanol–water partition coefficient (Wildman–Crippen LogP) is 3.30. The third-order valence-electron chi connectivity index (χ3n) is 3.25. The van der Waals surface area contributed by atoms with Crippen molar-refractivity contribution in [2.45, 2.75) is 0 Å². The number of hydrogen-bond donors (Lipinski definition) is 1. The molecule has 1 N–H and O–H groups in total. The van der Waals surface area contributed by atoms with Crippen LogP contribution in [0.5, 0.6) is 5.88 Å². The zero-order valence-corrected chi connectivity index (χ0v) is 13.5. The summed E-state index contributed by atoms with van der Waals surface area (Å²) < 4.78 is 2.04. The minimum absolute atomic E-state index is 0.0188. The van der Waals surface area contributed by atoms with Crippen molar-refractivity contribution >= 4 is 47.2 Å². The van der Waals surface area contributed by atoms with Gasteiger partial charge in [0, 0.05) is 30.3 Å². The Labute approximate surface area is 139 Å². The molecule has 0 saturated heterocycles. The van der Waals surface area contributed by atoms with E-state index in [0.717, 1.165) is 0 Å². The number of thiazole rings is 1. The molecule has 1 aliphatic rings. The number of rotatable bonds is 3. The summed E-state index contributed by atoms with van der Waals surface area (Å²) in [5, 5.41) is 28.8. The normalized spacial score (nSPS) is 15.2. The minimum atomic E-state index is -0.460. The second-order valence-electron chi connectivity index (χ2n) is 4.72. The maximum absolute atomic E-state index is 10.9. The van der Waals surface area contributed by atoms with E-state index in [1.165, 1.54) is 34.3 Å². The highest BCUT2D eigenvalue weighted by Crippen LogP contribution is 2.29. The van der Waals surface area contributed by atoms with Crippen LogP contribution in [-0.2, 0) is 7.05 Å². The van der Waals surface area contributed by atoms with Crippen molar-refractivity contribution < 1.29 is 10.0 Å². The van der Waals surface area contributed by atoms with E-state index in [2.05, 4.69) is 10.2 Å². The topological polar surface area (TPSA) is 93.0 Å². The van der Waals surface area contributed by atoms with Crippen molar-refractivity contribution in [3.05, 3.63) is 54.3 Å². The summed E-state index contributed by atoms with van der Waals surface area (Å²) in [6.45, 7) is 0. The van der Waals surface area contributed by atoms with Crippen molar-refractivity contribution in [2.24, 2.45) is 17.3 Å². The molecule has 23 heavy (non-hydrogen) atoms. The number of nitro benzene ring substituents is 1. The van der Waals surface area contributed by atoms with Crippen molar-refractivity contribution in [2.75, 3.05) is 0 Å². The maximum Gasteiger partial charge on any atom is 0.270 e. The molecular weight excluding hydrogens is 336 g/mol. The summed E-state index contributed by atoms with van der Waals surface area (Å²) in [5.74, 6) is 0.0613. The first kappa shape index (κ1) is 15.3. The number of non-ortho nitro benzene ring substituents is 1. The summed E-state index contributed by atoms with van der Waals surface area (Å²) in [4.78, 5) is 11.0. The number of hydrogen-bond acceptors (Lipinski definition) is 7. The van der Waals surface area contributed by atoms with Gasteiger partial charge in [-0.15, -0.1) is 16.4 Å². The molecule has 0 fully saturated rings. The van der Waals surface area contributed by atoms with E-state index < -0.39 is 4.92 Å². The molecule has 0 aliphatic carbocycles. The molecule has 1 aromatic carbocycles. The number of nitro groups is 1. The molecule has 116 valence electrons. The van der Waals surface area contributed by atoms with Gasteiger partial charge in [-0.2, -0.15) is 5.10 Å². The van der Waals surface area contributed by atoms with Crippen molar-refractivity contribution in [3.8, 4) is 5.88 Å². The van der Waals surface area contributed by atoms with Crippen LogP contribution in [0.4, 0.5) is 5.69 Å². The quantitative estimate of drug-likeness (QED) is 0.524. The molecule has 0 spiro atoms. The molecule has 0 atom stereocenters. The Morgan fingerprint density at radius 1 is 1.48 bits per heavy atom. The molecule has 0 amide bonds. The van der Waals surface area contributed by atoms with E-state index in [1.807, 2.05) is 0 Å². The monoisotopic (exact) mass is 346 g/mol. The lowest BCUT2D eigenvalue weighted by Gasteiger charge is -2.02. The SMILES string of the molecule is Cn1c(O)c(C=C2C=NN=C2c2cccc([N+](=O)[O-])c2)sc1=S. The van der Waals surface area contributed by atoms with Crippen LogP contribution < -0.4 is 0 Å². The molecule has 0 bridgehead atoms. The first-order chi connectivity index (χ1) is 11.0. The predicted molar refractivity (Wildman–Crippen MR) is 91.9 cm³/mol. The molecule has 2 aromatic rings. The van der Waals surface area contributed by atoms with Gasteiger partial charge in [0.2, 0.25) is 5.88 Å². The molecule has 1 aliphatic heterocycles. The van der Waals surface area contributed by atoms with Crippen molar-refractivity contribution in [3.63, 3.8) is 0 Å². The van der Waals surface area contributed by atoms with Gasteiger partial charge in [0.15, 0.2) is 3.95 Å². The minimum Gasteiger partial charge on any atom is -0.493 e. The Bertz CT molecular complexity index is 953. The fraction of sp³-hybridized carbons (Fsp3) is 0.0714. The second kappa shape index (κ2) is 5.86. The Kier molecular flexibility index (Phi) is 3.89. The average molecular weight is 346 g/mol. The number of aromatic nitrogens is 1. The van der Waals surface area contributed by atoms with E-state index in [-0.39, 0.29) is 11.6 Å². The van der Waals surface area contributed by atoms with Gasteiger partial charge in [-0.05, 0) is 18.3 Å². The largest absolute Gasteiger partial charge is 0.493 e. The summed E-state index contributed by atoms with van der Waals surface area (Å²) >= 11 is 6.38. The third kappa shape index (κ3) is 2.83. The molecule has 1 aromatic heterocycles. The summed E-state index contributed by atoms with van der Waals surface area (Å²) in [6, 6.07) is 6.17.